The second-order valence-corrected chi connectivity index (χ2v) is 8.15. The van der Waals surface area contributed by atoms with Crippen LogP contribution in [0.1, 0.15) is 34.8 Å². The summed E-state index contributed by atoms with van der Waals surface area (Å²) in [5.41, 5.74) is -0.389. The Labute approximate surface area is 165 Å². The zero-order valence-electron chi connectivity index (χ0n) is 15.2. The average Bonchev–Trinajstić information content (AvgIpc) is 2.68. The summed E-state index contributed by atoms with van der Waals surface area (Å²) in [5, 5.41) is 9.46. The summed E-state index contributed by atoms with van der Waals surface area (Å²) in [6, 6.07) is 9.18. The minimum absolute atomic E-state index is 0.0428. The largest absolute Gasteiger partial charge is 0.288 e. The quantitative estimate of drug-likeness (QED) is 0.618. The van der Waals surface area contributed by atoms with Gasteiger partial charge in [-0.2, -0.15) is 5.26 Å². The van der Waals surface area contributed by atoms with Crippen LogP contribution in [0.4, 0.5) is 14.5 Å². The number of carbonyl (C=O) groups is 1. The van der Waals surface area contributed by atoms with Gasteiger partial charge in [0.05, 0.1) is 28.1 Å². The summed E-state index contributed by atoms with van der Waals surface area (Å²) < 4.78 is 54.6. The zero-order chi connectivity index (χ0) is 21.2. The first kappa shape index (κ1) is 20.4. The van der Waals surface area contributed by atoms with Crippen LogP contribution in [0.3, 0.4) is 0 Å². The number of ketones is 1. The average molecular weight is 415 g/mol. The van der Waals surface area contributed by atoms with Gasteiger partial charge in [-0.1, -0.05) is 6.92 Å². The molecule has 0 fully saturated rings. The summed E-state index contributed by atoms with van der Waals surface area (Å²) in [6.07, 6.45) is 1.67. The first-order valence-corrected chi connectivity index (χ1v) is 10.2. The molecule has 9 heteroatoms. The Balaban J connectivity index is 2.05. The number of anilines is 1. The molecule has 6 nitrogen and oxygen atoms in total. The highest BCUT2D eigenvalue weighted by molar-refractivity contribution is 7.92. The minimum atomic E-state index is -3.87. The number of fused-ring (bicyclic) bond motifs is 1. The number of nitrogens with zero attached hydrogens (tertiary/aromatic N) is 2. The van der Waals surface area contributed by atoms with Gasteiger partial charge in [-0.05, 0) is 36.8 Å². The van der Waals surface area contributed by atoms with E-state index in [0.29, 0.717) is 23.0 Å². The number of nitrogens with one attached hydrogen (secondary N) is 1. The van der Waals surface area contributed by atoms with Crippen LogP contribution in [-0.4, -0.2) is 24.9 Å². The van der Waals surface area contributed by atoms with Crippen molar-refractivity contribution >= 4 is 32.4 Å². The van der Waals surface area contributed by atoms with E-state index in [-0.39, 0.29) is 23.3 Å². The van der Waals surface area contributed by atoms with E-state index in [9.17, 15) is 22.0 Å². The van der Waals surface area contributed by atoms with E-state index in [2.05, 4.69) is 4.98 Å². The van der Waals surface area contributed by atoms with Gasteiger partial charge >= 0.3 is 0 Å². The molecule has 2 aromatic carbocycles. The minimum Gasteiger partial charge on any atom is -0.288 e. The molecule has 0 saturated heterocycles. The standard InChI is InChI=1S/C20H15F2N3O3S/c1-2-5-29(27,28)25-18-9-15(21)8-16(19(18)22)20(26)13-3-4-17-14(7-13)6-12(10-23)11-24-17/h3-4,6-9,11,25H,2,5H2,1H3. The highest BCUT2D eigenvalue weighted by Gasteiger charge is 2.22. The second kappa shape index (κ2) is 7.93. The lowest BCUT2D eigenvalue weighted by Crippen LogP contribution is -2.18. The zero-order valence-corrected chi connectivity index (χ0v) is 16.1. The molecule has 0 aliphatic heterocycles. The van der Waals surface area contributed by atoms with Crippen LogP contribution in [0.5, 0.6) is 0 Å². The number of aromatic nitrogens is 1. The molecule has 3 rings (SSSR count). The maximum atomic E-state index is 14.8. The van der Waals surface area contributed by atoms with Crippen molar-refractivity contribution in [2.24, 2.45) is 0 Å². The Bertz CT molecular complexity index is 1270. The third-order valence-electron chi connectivity index (χ3n) is 4.09. The third-order valence-corrected chi connectivity index (χ3v) is 5.57. The molecule has 1 aromatic heterocycles. The topological polar surface area (TPSA) is 99.9 Å². The van der Waals surface area contributed by atoms with E-state index in [1.807, 2.05) is 10.8 Å². The molecule has 1 heterocycles. The van der Waals surface area contributed by atoms with Crippen LogP contribution in [0, 0.1) is 23.0 Å². The summed E-state index contributed by atoms with van der Waals surface area (Å²) >= 11 is 0. The van der Waals surface area contributed by atoms with Gasteiger partial charge in [-0.25, -0.2) is 17.2 Å². The van der Waals surface area contributed by atoms with Gasteiger partial charge in [0.1, 0.15) is 11.9 Å². The van der Waals surface area contributed by atoms with Crippen molar-refractivity contribution in [3.05, 3.63) is 70.9 Å². The molecular weight excluding hydrogens is 400 g/mol. The molecule has 0 saturated carbocycles. The number of rotatable bonds is 6. The van der Waals surface area contributed by atoms with Crippen LogP contribution in [0.2, 0.25) is 0 Å². The molecule has 1 N–H and O–H groups in total. The van der Waals surface area contributed by atoms with Crippen molar-refractivity contribution in [1.82, 2.24) is 4.98 Å². The second-order valence-electron chi connectivity index (χ2n) is 6.31. The predicted molar refractivity (Wildman–Crippen MR) is 104 cm³/mol. The number of carbonyl (C=O) groups excluding carboxylic acids is 1. The molecule has 0 spiro atoms. The SMILES string of the molecule is CCCS(=O)(=O)Nc1cc(F)cc(C(=O)c2ccc3ncc(C#N)cc3c2)c1F. The first-order chi connectivity index (χ1) is 13.7. The summed E-state index contributed by atoms with van der Waals surface area (Å²) in [5.74, 6) is -3.23. The monoisotopic (exact) mass is 415 g/mol. The number of nitriles is 1. The van der Waals surface area contributed by atoms with Gasteiger partial charge in [0.15, 0.2) is 11.6 Å². The molecule has 0 aliphatic carbocycles. The molecule has 0 amide bonds. The number of hydrogen-bond acceptors (Lipinski definition) is 5. The van der Waals surface area contributed by atoms with Crippen LogP contribution in [0.25, 0.3) is 10.9 Å². The maximum absolute atomic E-state index is 14.8. The summed E-state index contributed by atoms with van der Waals surface area (Å²) in [7, 11) is -3.87. The van der Waals surface area contributed by atoms with E-state index >= 15 is 0 Å². The summed E-state index contributed by atoms with van der Waals surface area (Å²) in [6.45, 7) is 1.63. The molecule has 0 radical (unpaired) electrons. The van der Waals surface area contributed by atoms with Gasteiger partial charge in [0, 0.05) is 23.2 Å². The molecule has 0 unspecified atom stereocenters. The fourth-order valence-corrected chi connectivity index (χ4v) is 3.93. The third kappa shape index (κ3) is 4.38. The maximum Gasteiger partial charge on any atom is 0.232 e. The molecule has 29 heavy (non-hydrogen) atoms. The van der Waals surface area contributed by atoms with Crippen LogP contribution >= 0.6 is 0 Å². The van der Waals surface area contributed by atoms with Gasteiger partial charge in [-0.15, -0.1) is 0 Å². The smallest absolute Gasteiger partial charge is 0.232 e. The van der Waals surface area contributed by atoms with Crippen molar-refractivity contribution in [2.45, 2.75) is 13.3 Å². The van der Waals surface area contributed by atoms with Crippen molar-refractivity contribution in [3.8, 4) is 6.07 Å². The van der Waals surface area contributed by atoms with Crippen molar-refractivity contribution < 1.29 is 22.0 Å². The van der Waals surface area contributed by atoms with Crippen molar-refractivity contribution in [3.63, 3.8) is 0 Å². The number of hydrogen-bond donors (Lipinski definition) is 1. The van der Waals surface area contributed by atoms with Crippen LogP contribution in [0.15, 0.2) is 42.6 Å². The highest BCUT2D eigenvalue weighted by Crippen LogP contribution is 2.25. The number of sulfonamides is 1. The highest BCUT2D eigenvalue weighted by atomic mass is 32.2. The number of benzene rings is 2. The number of pyridine rings is 1. The molecular formula is C20H15F2N3O3S. The normalized spacial score (nSPS) is 11.2. The Hall–Kier alpha value is -3.38. The lowest BCUT2D eigenvalue weighted by Gasteiger charge is -2.11. The Kier molecular flexibility index (Phi) is 5.57. The van der Waals surface area contributed by atoms with Crippen molar-refractivity contribution in [2.75, 3.05) is 10.5 Å². The van der Waals surface area contributed by atoms with Gasteiger partial charge in [-0.3, -0.25) is 14.5 Å². The Morgan fingerprint density at radius 1 is 1.21 bits per heavy atom. The van der Waals surface area contributed by atoms with Gasteiger partial charge < -0.3 is 0 Å². The lowest BCUT2D eigenvalue weighted by atomic mass is 10.00. The van der Waals surface area contributed by atoms with E-state index in [1.165, 1.54) is 30.5 Å². The molecule has 0 atom stereocenters. The predicted octanol–water partition coefficient (Wildman–Crippen LogP) is 3.77. The Morgan fingerprint density at radius 3 is 2.66 bits per heavy atom. The van der Waals surface area contributed by atoms with Gasteiger partial charge in [0.2, 0.25) is 10.0 Å². The van der Waals surface area contributed by atoms with E-state index in [4.69, 9.17) is 5.26 Å². The first-order valence-electron chi connectivity index (χ1n) is 8.58. The van der Waals surface area contributed by atoms with Crippen molar-refractivity contribution in [1.29, 1.82) is 5.26 Å². The molecule has 0 aliphatic rings. The summed E-state index contributed by atoms with van der Waals surface area (Å²) in [4.78, 5) is 16.9. The fraction of sp³-hybridized carbons (Fsp3) is 0.150. The molecule has 148 valence electrons. The van der Waals surface area contributed by atoms with E-state index in [1.54, 1.807) is 6.92 Å². The molecule has 0 bridgehead atoms. The number of halogens is 2. The van der Waals surface area contributed by atoms with Crippen LogP contribution in [-0.2, 0) is 10.0 Å². The van der Waals surface area contributed by atoms with Crippen LogP contribution < -0.4 is 4.72 Å². The fourth-order valence-electron chi connectivity index (χ4n) is 2.81. The van der Waals surface area contributed by atoms with E-state index in [0.717, 1.165) is 0 Å². The molecule has 3 aromatic rings. The van der Waals surface area contributed by atoms with Gasteiger partial charge in [0.25, 0.3) is 0 Å². The lowest BCUT2D eigenvalue weighted by molar-refractivity contribution is 0.103. The Morgan fingerprint density at radius 2 is 1.97 bits per heavy atom. The van der Waals surface area contributed by atoms with E-state index < -0.39 is 38.7 Å².